The van der Waals surface area contributed by atoms with Gasteiger partial charge in [0.2, 0.25) is 0 Å². The molecule has 0 unspecified atom stereocenters. The number of rotatable bonds is 4. The van der Waals surface area contributed by atoms with E-state index in [1.807, 2.05) is 0 Å². The van der Waals surface area contributed by atoms with Crippen molar-refractivity contribution in [2.45, 2.75) is 0 Å². The average Bonchev–Trinajstić information content (AvgIpc) is 2.54. The number of ether oxygens (including phenoxy) is 1. The molecule has 1 aromatic heterocycles. The fourth-order valence-electron chi connectivity index (χ4n) is 1.59. The van der Waals surface area contributed by atoms with E-state index in [9.17, 15) is 19.6 Å². The predicted octanol–water partition coefficient (Wildman–Crippen LogP) is 0.433. The largest absolute Gasteiger partial charge is 0.619 e. The molecule has 2 aromatic rings. The molecule has 0 radical (unpaired) electrons. The van der Waals surface area contributed by atoms with Crippen LogP contribution in [-0.2, 0) is 9.53 Å². The SMILES string of the molecule is O=C(COC(=O)c1cc[n+]([O-])cc1)NC(=O)c1ccccc1. The second kappa shape index (κ2) is 6.98. The Morgan fingerprint density at radius 1 is 1.00 bits per heavy atom. The molecule has 0 aliphatic heterocycles. The van der Waals surface area contributed by atoms with Gasteiger partial charge in [0.1, 0.15) is 0 Å². The number of esters is 1. The zero-order valence-corrected chi connectivity index (χ0v) is 11.4. The molecule has 1 heterocycles. The molecular weight excluding hydrogens is 288 g/mol. The molecule has 7 heteroatoms. The predicted molar refractivity (Wildman–Crippen MR) is 74.6 cm³/mol. The van der Waals surface area contributed by atoms with E-state index >= 15 is 0 Å². The normalized spacial score (nSPS) is 9.82. The monoisotopic (exact) mass is 300 g/mol. The number of pyridine rings is 1. The maximum atomic E-state index is 11.7. The molecule has 0 saturated heterocycles. The third kappa shape index (κ3) is 4.14. The van der Waals surface area contributed by atoms with Gasteiger partial charge in [-0.3, -0.25) is 14.9 Å². The van der Waals surface area contributed by atoms with E-state index in [0.29, 0.717) is 10.3 Å². The summed E-state index contributed by atoms with van der Waals surface area (Å²) >= 11 is 0. The number of nitrogens with one attached hydrogen (secondary N) is 1. The van der Waals surface area contributed by atoms with Crippen molar-refractivity contribution in [3.8, 4) is 0 Å². The minimum absolute atomic E-state index is 0.134. The Balaban J connectivity index is 1.84. The number of hydrogen-bond acceptors (Lipinski definition) is 5. The van der Waals surface area contributed by atoms with Crippen LogP contribution < -0.4 is 10.0 Å². The van der Waals surface area contributed by atoms with Gasteiger partial charge in [0.15, 0.2) is 19.0 Å². The van der Waals surface area contributed by atoms with Crippen molar-refractivity contribution in [2.24, 2.45) is 0 Å². The Morgan fingerprint density at radius 2 is 1.64 bits per heavy atom. The minimum Gasteiger partial charge on any atom is -0.619 e. The fraction of sp³-hybridized carbons (Fsp3) is 0.0667. The van der Waals surface area contributed by atoms with Gasteiger partial charge in [0.05, 0.1) is 5.56 Å². The summed E-state index contributed by atoms with van der Waals surface area (Å²) in [6.45, 7) is -0.594. The molecule has 22 heavy (non-hydrogen) atoms. The van der Waals surface area contributed by atoms with E-state index in [1.54, 1.807) is 30.3 Å². The Bertz CT molecular complexity index is 683. The lowest BCUT2D eigenvalue weighted by Crippen LogP contribution is -2.34. The van der Waals surface area contributed by atoms with Crippen LogP contribution >= 0.6 is 0 Å². The van der Waals surface area contributed by atoms with Crippen LogP contribution in [0.25, 0.3) is 0 Å². The molecule has 0 saturated carbocycles. The van der Waals surface area contributed by atoms with Gasteiger partial charge in [-0.05, 0) is 12.1 Å². The first kappa shape index (κ1) is 15.2. The number of carbonyl (C=O) groups is 3. The Labute approximate surface area is 125 Å². The molecule has 0 bridgehead atoms. The van der Waals surface area contributed by atoms with E-state index in [1.165, 1.54) is 12.1 Å². The highest BCUT2D eigenvalue weighted by Crippen LogP contribution is 1.99. The van der Waals surface area contributed by atoms with E-state index < -0.39 is 24.4 Å². The highest BCUT2D eigenvalue weighted by molar-refractivity contribution is 6.05. The molecule has 112 valence electrons. The molecule has 0 aliphatic rings. The van der Waals surface area contributed by atoms with E-state index in [0.717, 1.165) is 12.4 Å². The number of benzene rings is 1. The summed E-state index contributed by atoms with van der Waals surface area (Å²) in [6, 6.07) is 10.7. The maximum Gasteiger partial charge on any atom is 0.339 e. The summed E-state index contributed by atoms with van der Waals surface area (Å²) in [4.78, 5) is 34.9. The quantitative estimate of drug-likeness (QED) is 0.501. The first-order chi connectivity index (χ1) is 10.6. The molecule has 7 nitrogen and oxygen atoms in total. The second-order valence-corrected chi connectivity index (χ2v) is 4.27. The second-order valence-electron chi connectivity index (χ2n) is 4.27. The topological polar surface area (TPSA) is 99.4 Å². The third-order valence-electron chi connectivity index (χ3n) is 2.66. The number of imide groups is 1. The van der Waals surface area contributed by atoms with Crippen LogP contribution in [0.4, 0.5) is 0 Å². The van der Waals surface area contributed by atoms with Crippen molar-refractivity contribution in [2.75, 3.05) is 6.61 Å². The summed E-state index contributed by atoms with van der Waals surface area (Å²) in [5, 5.41) is 12.9. The van der Waals surface area contributed by atoms with Gasteiger partial charge in [-0.15, -0.1) is 0 Å². The van der Waals surface area contributed by atoms with E-state index in [2.05, 4.69) is 5.32 Å². The van der Waals surface area contributed by atoms with Gasteiger partial charge in [-0.1, -0.05) is 18.2 Å². The van der Waals surface area contributed by atoms with Crippen LogP contribution in [0.15, 0.2) is 54.9 Å². The molecule has 2 rings (SSSR count). The van der Waals surface area contributed by atoms with Crippen molar-refractivity contribution in [1.29, 1.82) is 0 Å². The van der Waals surface area contributed by atoms with Crippen molar-refractivity contribution in [3.05, 3.63) is 71.2 Å². The summed E-state index contributed by atoms with van der Waals surface area (Å²) < 4.78 is 5.27. The summed E-state index contributed by atoms with van der Waals surface area (Å²) in [7, 11) is 0. The summed E-state index contributed by atoms with van der Waals surface area (Å²) in [6.07, 6.45) is 2.27. The number of aromatic nitrogens is 1. The highest BCUT2D eigenvalue weighted by atomic mass is 16.5. The maximum absolute atomic E-state index is 11.7. The number of carbonyl (C=O) groups excluding carboxylic acids is 3. The number of hydrogen-bond donors (Lipinski definition) is 1. The Kier molecular flexibility index (Phi) is 4.81. The van der Waals surface area contributed by atoms with Crippen LogP contribution in [0, 0.1) is 5.21 Å². The van der Waals surface area contributed by atoms with Gasteiger partial charge in [-0.25, -0.2) is 4.79 Å². The van der Waals surface area contributed by atoms with Gasteiger partial charge < -0.3 is 9.94 Å². The van der Waals surface area contributed by atoms with Crippen LogP contribution in [0.1, 0.15) is 20.7 Å². The Morgan fingerprint density at radius 3 is 2.27 bits per heavy atom. The lowest BCUT2D eigenvalue weighted by molar-refractivity contribution is -0.605. The van der Waals surface area contributed by atoms with Crippen LogP contribution in [0.3, 0.4) is 0 Å². The summed E-state index contributed by atoms with van der Waals surface area (Å²) in [5.41, 5.74) is 0.458. The first-order valence-electron chi connectivity index (χ1n) is 6.31. The van der Waals surface area contributed by atoms with Gasteiger partial charge in [0, 0.05) is 17.7 Å². The fourth-order valence-corrected chi connectivity index (χ4v) is 1.59. The molecule has 0 atom stereocenters. The molecule has 1 N–H and O–H groups in total. The third-order valence-corrected chi connectivity index (χ3v) is 2.66. The van der Waals surface area contributed by atoms with Gasteiger partial charge >= 0.3 is 5.97 Å². The average molecular weight is 300 g/mol. The van der Waals surface area contributed by atoms with E-state index in [-0.39, 0.29) is 5.56 Å². The number of amides is 2. The van der Waals surface area contributed by atoms with Crippen LogP contribution in [0.5, 0.6) is 0 Å². The van der Waals surface area contributed by atoms with Crippen molar-refractivity contribution in [1.82, 2.24) is 5.32 Å². The van der Waals surface area contributed by atoms with Gasteiger partial charge in [0.25, 0.3) is 11.8 Å². The summed E-state index contributed by atoms with van der Waals surface area (Å²) in [5.74, 6) is -2.08. The Hall–Kier alpha value is -3.22. The first-order valence-corrected chi connectivity index (χ1v) is 6.31. The van der Waals surface area contributed by atoms with Crippen LogP contribution in [0.2, 0.25) is 0 Å². The lowest BCUT2D eigenvalue weighted by atomic mass is 10.2. The zero-order valence-electron chi connectivity index (χ0n) is 11.4. The smallest absolute Gasteiger partial charge is 0.339 e. The lowest BCUT2D eigenvalue weighted by Gasteiger charge is -2.05. The van der Waals surface area contributed by atoms with E-state index in [4.69, 9.17) is 4.74 Å². The molecule has 0 aliphatic carbocycles. The van der Waals surface area contributed by atoms with Crippen molar-refractivity contribution < 1.29 is 23.9 Å². The van der Waals surface area contributed by atoms with Gasteiger partial charge in [-0.2, -0.15) is 4.73 Å². The molecule has 0 spiro atoms. The molecule has 2 amide bonds. The highest BCUT2D eigenvalue weighted by Gasteiger charge is 2.14. The van der Waals surface area contributed by atoms with Crippen LogP contribution in [-0.4, -0.2) is 24.4 Å². The molecular formula is C15H12N2O5. The minimum atomic E-state index is -0.761. The molecule has 1 aromatic carbocycles. The van der Waals surface area contributed by atoms with Crippen molar-refractivity contribution in [3.63, 3.8) is 0 Å². The standard InChI is InChI=1S/C15H12N2O5/c18-13(16-14(19)11-4-2-1-3-5-11)10-22-15(20)12-6-8-17(21)9-7-12/h1-9H,10H2,(H,16,18,19). The van der Waals surface area contributed by atoms with Crippen molar-refractivity contribution >= 4 is 17.8 Å². The zero-order chi connectivity index (χ0) is 15.9. The number of nitrogens with zero attached hydrogens (tertiary/aromatic N) is 1. The molecule has 0 fully saturated rings.